The first kappa shape index (κ1) is 55.7. The molecule has 2 aliphatic rings. The van der Waals surface area contributed by atoms with Crippen LogP contribution in [0.2, 0.25) is 38.3 Å². The molecule has 69 heavy (non-hydrogen) atoms. The van der Waals surface area contributed by atoms with Crippen molar-refractivity contribution in [2.45, 2.75) is 121 Å². The molecule has 0 amide bonds. The van der Waals surface area contributed by atoms with E-state index in [1.165, 1.54) is 12.7 Å². The van der Waals surface area contributed by atoms with Crippen LogP contribution in [0.3, 0.4) is 0 Å². The van der Waals surface area contributed by atoms with Crippen LogP contribution in [-0.4, -0.2) is 78.4 Å². The molecule has 2 aromatic carbocycles. The molecule has 0 aliphatic carbocycles. The SMILES string of the molecule is C=C[C@]1(CC)OC(=O)[C@H](OCc2ccccc2)[C@@H]1C.C=C[C@]1(CC)OC(O)(c2ccc3c(N)ncnn23)[C@H](OCc2ccccc2)[C@@H]1C.C[Si](C)(Cl)CC[Si](C)(C)Cl.Nc1ncnn2c(I)ccc12. The Morgan fingerprint density at radius 3 is 1.70 bits per heavy atom. The van der Waals surface area contributed by atoms with Crippen LogP contribution in [0.5, 0.6) is 0 Å². The second-order valence-corrected chi connectivity index (χ2v) is 33.6. The quantitative estimate of drug-likeness (QED) is 0.0309. The average Bonchev–Trinajstić information content (AvgIpc) is 4.06. The summed E-state index contributed by atoms with van der Waals surface area (Å²) in [6.45, 7) is 25.2. The number of nitrogen functional groups attached to an aromatic ring is 2. The van der Waals surface area contributed by atoms with E-state index >= 15 is 0 Å². The number of rotatable bonds is 14. The van der Waals surface area contributed by atoms with Crippen molar-refractivity contribution in [3.63, 3.8) is 0 Å². The lowest BCUT2D eigenvalue weighted by Crippen LogP contribution is -2.41. The van der Waals surface area contributed by atoms with Gasteiger partial charge in [0.05, 0.1) is 18.8 Å². The third-order valence-corrected chi connectivity index (χ3v) is 18.0. The fourth-order valence-corrected chi connectivity index (χ4v) is 15.3. The Morgan fingerprint density at radius 2 is 1.23 bits per heavy atom. The predicted octanol–water partition coefficient (Wildman–Crippen LogP) is 10.9. The summed E-state index contributed by atoms with van der Waals surface area (Å²) in [6, 6.07) is 29.4. The number of ether oxygens (including phenoxy) is 4. The van der Waals surface area contributed by atoms with Crippen LogP contribution in [0.15, 0.2) is 123 Å². The van der Waals surface area contributed by atoms with Gasteiger partial charge in [-0.3, -0.25) is 0 Å². The van der Waals surface area contributed by atoms with Gasteiger partial charge in [0.1, 0.15) is 59.6 Å². The van der Waals surface area contributed by atoms with E-state index in [0.717, 1.165) is 32.4 Å². The molecule has 372 valence electrons. The highest BCUT2D eigenvalue weighted by Crippen LogP contribution is 2.51. The van der Waals surface area contributed by atoms with Crippen LogP contribution < -0.4 is 11.5 Å². The number of esters is 1. The van der Waals surface area contributed by atoms with E-state index in [0.29, 0.717) is 48.9 Å². The Morgan fingerprint density at radius 1 is 0.754 bits per heavy atom. The number of carbonyl (C=O) groups is 1. The van der Waals surface area contributed by atoms with Gasteiger partial charge < -0.3 is 35.5 Å². The van der Waals surface area contributed by atoms with Crippen LogP contribution in [-0.2, 0) is 42.7 Å². The van der Waals surface area contributed by atoms with E-state index in [9.17, 15) is 9.90 Å². The van der Waals surface area contributed by atoms with E-state index in [-0.39, 0.29) is 17.8 Å². The molecule has 8 rings (SSSR count). The van der Waals surface area contributed by atoms with Crippen LogP contribution in [0, 0.1) is 15.5 Å². The normalized spacial score (nSPS) is 24.3. The summed E-state index contributed by atoms with van der Waals surface area (Å²) in [6.07, 6.45) is 6.49. The number of fused-ring (bicyclic) bond motifs is 2. The van der Waals surface area contributed by atoms with Crippen LogP contribution in [0.25, 0.3) is 11.0 Å². The van der Waals surface area contributed by atoms with Gasteiger partial charge in [-0.1, -0.05) is 127 Å². The highest BCUT2D eigenvalue weighted by molar-refractivity contribution is 14.1. The van der Waals surface area contributed by atoms with Crippen molar-refractivity contribution >= 4 is 88.2 Å². The van der Waals surface area contributed by atoms with Crippen LogP contribution in [0.1, 0.15) is 57.4 Å². The lowest BCUT2D eigenvalue weighted by atomic mass is 9.83. The number of hydrogen-bond acceptors (Lipinski definition) is 12. The monoisotopic (exact) mass is 1130 g/mol. The fraction of sp³-hybridized carbons (Fsp3) is 0.420. The lowest BCUT2D eigenvalue weighted by molar-refractivity contribution is -0.262. The first-order chi connectivity index (χ1) is 32.6. The summed E-state index contributed by atoms with van der Waals surface area (Å²) in [7, 11) is -2.69. The number of carbonyl (C=O) groups excluding carboxylic acids is 1. The summed E-state index contributed by atoms with van der Waals surface area (Å²) in [5.74, 6) is -1.35. The molecule has 7 atom stereocenters. The number of aliphatic hydroxyl groups is 1. The zero-order valence-electron chi connectivity index (χ0n) is 40.8. The average molecular weight is 1130 g/mol. The van der Waals surface area contributed by atoms with Crippen LogP contribution >= 0.6 is 44.7 Å². The number of nitrogens with two attached hydrogens (primary N) is 2. The molecule has 6 aromatic rings. The Labute approximate surface area is 431 Å². The van der Waals surface area contributed by atoms with Crippen molar-refractivity contribution in [2.75, 3.05) is 11.5 Å². The van der Waals surface area contributed by atoms with Gasteiger partial charge in [-0.25, -0.2) is 23.8 Å². The topological polar surface area (TPSA) is 187 Å². The third-order valence-electron chi connectivity index (χ3n) is 12.6. The van der Waals surface area contributed by atoms with Gasteiger partial charge in [0.2, 0.25) is 5.79 Å². The summed E-state index contributed by atoms with van der Waals surface area (Å²) >= 11 is 14.5. The fourth-order valence-electron chi connectivity index (χ4n) is 8.29. The lowest BCUT2D eigenvalue weighted by Gasteiger charge is -2.30. The number of cyclic esters (lactones) is 1. The Kier molecular flexibility index (Phi) is 19.2. The number of benzene rings is 2. The maximum Gasteiger partial charge on any atom is 0.336 e. The van der Waals surface area contributed by atoms with E-state index in [1.807, 2.05) is 100 Å². The van der Waals surface area contributed by atoms with Crippen molar-refractivity contribution in [2.24, 2.45) is 11.8 Å². The number of aromatic nitrogens is 6. The minimum absolute atomic E-state index is 0.0220. The van der Waals surface area contributed by atoms with Crippen LogP contribution in [0.4, 0.5) is 11.6 Å². The molecule has 2 aliphatic heterocycles. The van der Waals surface area contributed by atoms with Gasteiger partial charge >= 0.3 is 5.97 Å². The number of halogens is 3. The largest absolute Gasteiger partial charge is 0.452 e. The zero-order valence-corrected chi connectivity index (χ0v) is 46.5. The molecule has 2 fully saturated rings. The number of hydrogen-bond donors (Lipinski definition) is 3. The summed E-state index contributed by atoms with van der Waals surface area (Å²) in [5.41, 5.74) is 14.2. The Bertz CT molecular complexity index is 2620. The molecular formula is C50H67Cl2IN8O6Si2. The van der Waals surface area contributed by atoms with E-state index in [4.69, 9.17) is 52.6 Å². The standard InChI is InChI=1S/C22H26N4O3.C16H20O3.C6H16Cl2Si2.C6H5IN4/c1-4-21(5-2)15(3)19(28-13-16-9-7-6-8-10-16)22(27,29-21)18-12-11-17-20(23)24-14-25-26(17)18;1-4-16(5-2)12(3)14(15(17)19-16)18-11-13-9-7-6-8-10-13;1-9(2,7)5-6-10(3,4)8;7-5-2-1-4-6(8)9-3-10-11(4)5/h4,6-12,14-15,19,27H,1,5,13H2,2-3H3,(H2,23,24,25);4,6-10,12,14H,1,5,11H2,2-3H3;5-6H2,1-4H3;1-3H,(H2,8,9,10)/t15-,19+,21+,22?;12-,14+,16+;;/m00../s1. The van der Waals surface area contributed by atoms with Crippen molar-refractivity contribution in [1.82, 2.24) is 29.2 Å². The van der Waals surface area contributed by atoms with Gasteiger partial charge in [-0.2, -0.15) is 32.4 Å². The number of anilines is 2. The highest BCUT2D eigenvalue weighted by Gasteiger charge is 2.61. The minimum Gasteiger partial charge on any atom is -0.452 e. The predicted molar refractivity (Wildman–Crippen MR) is 290 cm³/mol. The maximum absolute atomic E-state index is 11.9. The Balaban J connectivity index is 0.000000190. The molecule has 0 saturated carbocycles. The summed E-state index contributed by atoms with van der Waals surface area (Å²) < 4.78 is 28.2. The van der Waals surface area contributed by atoms with E-state index in [2.05, 4.69) is 82.1 Å². The molecule has 1 unspecified atom stereocenters. The van der Waals surface area contributed by atoms with E-state index in [1.54, 1.807) is 33.3 Å². The molecule has 4 aromatic heterocycles. The second-order valence-electron chi connectivity index (χ2n) is 18.5. The molecule has 14 nitrogen and oxygen atoms in total. The number of nitrogens with zero attached hydrogens (tertiary/aromatic N) is 6. The molecule has 19 heteroatoms. The Hall–Kier alpha value is -4.19. The van der Waals surface area contributed by atoms with E-state index < -0.39 is 44.0 Å². The molecular weight excluding hydrogens is 1060 g/mol. The second kappa shape index (κ2) is 23.8. The smallest absolute Gasteiger partial charge is 0.336 e. The van der Waals surface area contributed by atoms with Crippen molar-refractivity contribution in [3.8, 4) is 0 Å². The van der Waals surface area contributed by atoms with Crippen molar-refractivity contribution in [3.05, 3.63) is 143 Å². The van der Waals surface area contributed by atoms with Crippen molar-refractivity contribution < 1.29 is 28.8 Å². The molecule has 0 spiro atoms. The van der Waals surface area contributed by atoms with Crippen molar-refractivity contribution in [1.29, 1.82) is 0 Å². The van der Waals surface area contributed by atoms with Gasteiger partial charge in [0, 0.05) is 11.8 Å². The van der Waals surface area contributed by atoms with Gasteiger partial charge in [-0.05, 0) is 89.0 Å². The highest BCUT2D eigenvalue weighted by atomic mass is 127. The molecule has 0 radical (unpaired) electrons. The summed E-state index contributed by atoms with van der Waals surface area (Å²) in [4.78, 5) is 19.8. The van der Waals surface area contributed by atoms with Gasteiger partial charge in [0.25, 0.3) is 0 Å². The molecule has 5 N–H and O–H groups in total. The molecule has 0 bridgehead atoms. The first-order valence-electron chi connectivity index (χ1n) is 23.0. The van der Waals surface area contributed by atoms with Gasteiger partial charge in [0.15, 0.2) is 17.7 Å². The third kappa shape index (κ3) is 13.6. The molecule has 6 heterocycles. The van der Waals surface area contributed by atoms with Gasteiger partial charge in [-0.15, -0.1) is 6.58 Å². The zero-order chi connectivity index (χ0) is 50.8. The maximum atomic E-state index is 11.9. The summed E-state index contributed by atoms with van der Waals surface area (Å²) in [5, 5.41) is 20.1. The first-order valence-corrected chi connectivity index (χ1v) is 32.5. The minimum atomic E-state index is -1.73. The molecule has 2 saturated heterocycles.